The van der Waals surface area contributed by atoms with Crippen molar-refractivity contribution in [3.05, 3.63) is 65.9 Å². The molecule has 5 rings (SSSR count). The van der Waals surface area contributed by atoms with Crippen LogP contribution in [0.3, 0.4) is 0 Å². The summed E-state index contributed by atoms with van der Waals surface area (Å²) in [4.78, 5) is 36.8. The first-order chi connectivity index (χ1) is 18.7. The molecule has 204 valence electrons. The number of piperidine rings is 1. The lowest BCUT2D eigenvalue weighted by atomic mass is 9.79. The van der Waals surface area contributed by atoms with E-state index in [4.69, 9.17) is 5.73 Å². The fourth-order valence-corrected chi connectivity index (χ4v) is 5.51. The molecule has 39 heavy (non-hydrogen) atoms. The summed E-state index contributed by atoms with van der Waals surface area (Å²) >= 11 is 0. The van der Waals surface area contributed by atoms with Gasteiger partial charge in [0.05, 0.1) is 29.0 Å². The summed E-state index contributed by atoms with van der Waals surface area (Å²) < 4.78 is 14.8. The summed E-state index contributed by atoms with van der Waals surface area (Å²) in [5.74, 6) is -1.40. The molecule has 2 saturated heterocycles. The van der Waals surface area contributed by atoms with Crippen LogP contribution in [0.15, 0.2) is 48.8 Å². The summed E-state index contributed by atoms with van der Waals surface area (Å²) in [6.07, 6.45) is 6.75. The van der Waals surface area contributed by atoms with Gasteiger partial charge in [-0.15, -0.1) is 0 Å². The van der Waals surface area contributed by atoms with Crippen molar-refractivity contribution in [3.8, 4) is 11.3 Å². The smallest absolute Gasteiger partial charge is 0.276 e. The molecule has 2 aliphatic rings. The fourth-order valence-electron chi connectivity index (χ4n) is 5.51. The Hall–Kier alpha value is -4.05. The van der Waals surface area contributed by atoms with Crippen molar-refractivity contribution in [3.63, 3.8) is 0 Å². The van der Waals surface area contributed by atoms with Gasteiger partial charge < -0.3 is 26.6 Å². The van der Waals surface area contributed by atoms with Gasteiger partial charge in [-0.1, -0.05) is 0 Å². The van der Waals surface area contributed by atoms with Crippen LogP contribution in [0.2, 0.25) is 0 Å². The molecule has 1 aromatic carbocycles. The molecule has 0 aliphatic carbocycles. The Morgan fingerprint density at radius 1 is 1.15 bits per heavy atom. The van der Waals surface area contributed by atoms with Crippen molar-refractivity contribution in [2.24, 2.45) is 5.41 Å². The van der Waals surface area contributed by atoms with Crippen LogP contribution in [0.1, 0.15) is 54.0 Å². The molecule has 2 fully saturated rings. The third kappa shape index (κ3) is 5.70. The number of amides is 2. The number of nitrogens with one attached hydrogen (secondary N) is 3. The number of nitrogens with zero attached hydrogens (tertiary/aromatic N) is 3. The second-order valence-electron chi connectivity index (χ2n) is 10.8. The van der Waals surface area contributed by atoms with Crippen LogP contribution in [0.4, 0.5) is 21.5 Å². The highest BCUT2D eigenvalue weighted by Crippen LogP contribution is 2.39. The first-order valence-corrected chi connectivity index (χ1v) is 13.3. The monoisotopic (exact) mass is 531 g/mol. The van der Waals surface area contributed by atoms with Gasteiger partial charge in [0.15, 0.2) is 5.69 Å². The Morgan fingerprint density at radius 3 is 2.77 bits per heavy atom. The van der Waals surface area contributed by atoms with Crippen molar-refractivity contribution in [2.45, 2.75) is 39.2 Å². The molecule has 2 aromatic heterocycles. The van der Waals surface area contributed by atoms with Crippen LogP contribution in [-0.2, 0) is 0 Å². The van der Waals surface area contributed by atoms with E-state index in [0.717, 1.165) is 44.7 Å². The van der Waals surface area contributed by atoms with Crippen molar-refractivity contribution < 1.29 is 14.0 Å². The second-order valence-corrected chi connectivity index (χ2v) is 10.8. The van der Waals surface area contributed by atoms with E-state index in [9.17, 15) is 14.0 Å². The average molecular weight is 532 g/mol. The Labute approximate surface area is 227 Å². The summed E-state index contributed by atoms with van der Waals surface area (Å²) in [7, 11) is 0. The van der Waals surface area contributed by atoms with Gasteiger partial charge in [-0.2, -0.15) is 0 Å². The van der Waals surface area contributed by atoms with Crippen LogP contribution in [-0.4, -0.2) is 54.0 Å². The van der Waals surface area contributed by atoms with Gasteiger partial charge in [0.2, 0.25) is 0 Å². The molecule has 1 unspecified atom stereocenters. The molecule has 2 aliphatic heterocycles. The van der Waals surface area contributed by atoms with E-state index in [1.807, 2.05) is 19.9 Å². The lowest BCUT2D eigenvalue weighted by Gasteiger charge is -2.41. The number of nitrogen functional groups attached to an aromatic ring is 1. The summed E-state index contributed by atoms with van der Waals surface area (Å²) in [5, 5.41) is 9.21. The number of hydrogen-bond acceptors (Lipinski definition) is 7. The normalized spacial score (nSPS) is 18.9. The first-order valence-electron chi connectivity index (χ1n) is 13.3. The predicted octanol–water partition coefficient (Wildman–Crippen LogP) is 3.84. The first kappa shape index (κ1) is 26.6. The highest BCUT2D eigenvalue weighted by Gasteiger charge is 2.38. The minimum atomic E-state index is -0.560. The minimum absolute atomic E-state index is 0.0335. The number of carbonyl (C=O) groups excluding carboxylic acids is 2. The minimum Gasteiger partial charge on any atom is -0.397 e. The molecule has 0 bridgehead atoms. The van der Waals surface area contributed by atoms with E-state index in [1.54, 1.807) is 12.4 Å². The number of pyridine rings is 2. The number of carbonyl (C=O) groups is 2. The maximum atomic E-state index is 14.8. The number of anilines is 3. The van der Waals surface area contributed by atoms with Gasteiger partial charge in [-0.3, -0.25) is 14.6 Å². The predicted molar refractivity (Wildman–Crippen MR) is 150 cm³/mol. The van der Waals surface area contributed by atoms with Crippen LogP contribution >= 0.6 is 0 Å². The van der Waals surface area contributed by atoms with Crippen molar-refractivity contribution in [2.75, 3.05) is 42.1 Å². The third-order valence-corrected chi connectivity index (χ3v) is 7.45. The second kappa shape index (κ2) is 11.0. The topological polar surface area (TPSA) is 125 Å². The number of rotatable bonds is 6. The number of nitrogens with two attached hydrogens (primary N) is 1. The number of hydrogen-bond donors (Lipinski definition) is 4. The summed E-state index contributed by atoms with van der Waals surface area (Å²) in [6, 6.07) is 8.95. The molecule has 10 heteroatoms. The van der Waals surface area contributed by atoms with E-state index in [1.165, 1.54) is 36.8 Å². The summed E-state index contributed by atoms with van der Waals surface area (Å²) in [6.45, 7) is 7.52. The number of halogens is 1. The molecule has 2 amide bonds. The van der Waals surface area contributed by atoms with Crippen LogP contribution in [0, 0.1) is 11.2 Å². The molecular weight excluding hydrogens is 497 g/mol. The van der Waals surface area contributed by atoms with Gasteiger partial charge in [0, 0.05) is 48.4 Å². The van der Waals surface area contributed by atoms with Gasteiger partial charge in [-0.05, 0) is 76.1 Å². The number of aromatic nitrogens is 2. The van der Waals surface area contributed by atoms with E-state index in [0.29, 0.717) is 11.3 Å². The molecule has 1 spiro atoms. The zero-order valence-electron chi connectivity index (χ0n) is 22.3. The molecule has 5 N–H and O–H groups in total. The van der Waals surface area contributed by atoms with E-state index < -0.39 is 11.7 Å². The zero-order chi connectivity index (χ0) is 27.6. The van der Waals surface area contributed by atoms with E-state index in [2.05, 4.69) is 30.8 Å². The van der Waals surface area contributed by atoms with Crippen molar-refractivity contribution in [1.29, 1.82) is 0 Å². The molecule has 0 radical (unpaired) electrons. The van der Waals surface area contributed by atoms with Gasteiger partial charge in [-0.25, -0.2) is 9.37 Å². The maximum Gasteiger partial charge on any atom is 0.276 e. The van der Waals surface area contributed by atoms with Gasteiger partial charge >= 0.3 is 0 Å². The molecule has 1 atom stereocenters. The van der Waals surface area contributed by atoms with Crippen LogP contribution < -0.4 is 26.6 Å². The lowest BCUT2D eigenvalue weighted by Crippen LogP contribution is -2.44. The Balaban J connectivity index is 1.41. The third-order valence-electron chi connectivity index (χ3n) is 7.45. The highest BCUT2D eigenvalue weighted by molar-refractivity contribution is 6.08. The van der Waals surface area contributed by atoms with Gasteiger partial charge in [0.1, 0.15) is 5.82 Å². The summed E-state index contributed by atoms with van der Waals surface area (Å²) in [5.41, 5.74) is 8.56. The molecule has 0 saturated carbocycles. The maximum absolute atomic E-state index is 14.8. The van der Waals surface area contributed by atoms with Crippen molar-refractivity contribution in [1.82, 2.24) is 20.6 Å². The quantitative estimate of drug-likeness (QED) is 0.381. The van der Waals surface area contributed by atoms with Crippen molar-refractivity contribution >= 4 is 28.9 Å². The van der Waals surface area contributed by atoms with Crippen LogP contribution in [0.5, 0.6) is 0 Å². The molecule has 3 aromatic rings. The molecule has 9 nitrogen and oxygen atoms in total. The SMILES string of the molecule is CC(C)NC(=O)c1ccc(F)c(-c2ccc(N)c(C(=O)Nc3cnccc3N3CCCC4(CCNC4)C3)n2)c1. The van der Waals surface area contributed by atoms with E-state index in [-0.39, 0.29) is 40.0 Å². The Bertz CT molecular complexity index is 1390. The zero-order valence-corrected chi connectivity index (χ0v) is 22.3. The standard InChI is InChI=1S/C29H34FN7O2/c1-18(2)34-27(38)19-4-5-21(30)20(14-19)23-7-6-22(31)26(35-23)28(39)36-24-15-32-11-8-25(24)37-13-3-9-29(17-37)10-12-33-16-29/h4-8,11,14-15,18,33H,3,9-10,12-13,16-17,31H2,1-2H3,(H,34,38)(H,36,39). The average Bonchev–Trinajstić information content (AvgIpc) is 3.36. The largest absolute Gasteiger partial charge is 0.397 e. The Morgan fingerprint density at radius 2 is 2.00 bits per heavy atom. The fraction of sp³-hybridized carbons (Fsp3) is 0.379. The Kier molecular flexibility index (Phi) is 7.47. The van der Waals surface area contributed by atoms with Crippen LogP contribution in [0.25, 0.3) is 11.3 Å². The number of benzene rings is 1. The highest BCUT2D eigenvalue weighted by atomic mass is 19.1. The van der Waals surface area contributed by atoms with Gasteiger partial charge in [0.25, 0.3) is 11.8 Å². The molecular formula is C29H34FN7O2. The lowest BCUT2D eigenvalue weighted by molar-refractivity contribution is 0.0942. The molecule has 4 heterocycles. The van der Waals surface area contributed by atoms with E-state index >= 15 is 0 Å².